The van der Waals surface area contributed by atoms with E-state index in [4.69, 9.17) is 0 Å². The van der Waals surface area contributed by atoms with Crippen LogP contribution in [0.15, 0.2) is 70.2 Å². The third kappa shape index (κ3) is 6.14. The Hall–Kier alpha value is -3.17. The molecule has 3 heterocycles. The average Bonchev–Trinajstić information content (AvgIpc) is 2.92. The molecule has 0 radical (unpaired) electrons. The summed E-state index contributed by atoms with van der Waals surface area (Å²) in [6, 6.07) is 7.65. The van der Waals surface area contributed by atoms with Gasteiger partial charge in [0.1, 0.15) is 11.5 Å². The average molecular weight is 492 g/mol. The third-order valence-electron chi connectivity index (χ3n) is 7.58. The summed E-state index contributed by atoms with van der Waals surface area (Å²) in [5.41, 5.74) is 3.36. The van der Waals surface area contributed by atoms with Crippen LogP contribution in [-0.4, -0.2) is 86.0 Å². The second-order valence-electron chi connectivity index (χ2n) is 9.92. The summed E-state index contributed by atoms with van der Waals surface area (Å²) >= 11 is 0. The van der Waals surface area contributed by atoms with E-state index in [1.807, 2.05) is 24.3 Å². The Morgan fingerprint density at radius 2 is 1.89 bits per heavy atom. The topological polar surface area (TPSA) is 93.0 Å². The van der Waals surface area contributed by atoms with E-state index >= 15 is 0 Å². The van der Waals surface area contributed by atoms with Gasteiger partial charge in [0.15, 0.2) is 0 Å². The molecule has 9 nitrogen and oxygen atoms in total. The van der Waals surface area contributed by atoms with Crippen LogP contribution < -0.4 is 5.32 Å². The number of nitroso groups, excluding NO2 is 2. The number of likely N-dealkylation sites (tertiary alicyclic amines) is 1. The van der Waals surface area contributed by atoms with Gasteiger partial charge in [-0.3, -0.25) is 9.89 Å². The fourth-order valence-electron chi connectivity index (χ4n) is 5.52. The van der Waals surface area contributed by atoms with Crippen molar-refractivity contribution in [3.8, 4) is 0 Å². The largest absolute Gasteiger partial charge is 0.367 e. The molecule has 3 fully saturated rings. The number of aliphatic imine (C=N–C) groups is 1. The zero-order chi connectivity index (χ0) is 25.5. The van der Waals surface area contributed by atoms with E-state index in [1.54, 1.807) is 13.1 Å². The van der Waals surface area contributed by atoms with Gasteiger partial charge in [-0.1, -0.05) is 31.4 Å². The van der Waals surface area contributed by atoms with Crippen LogP contribution in [0, 0.1) is 15.7 Å². The van der Waals surface area contributed by atoms with Gasteiger partial charge in [-0.05, 0) is 59.9 Å². The fourth-order valence-corrected chi connectivity index (χ4v) is 5.52. The number of nitrogens with zero attached hydrogens (tertiary/aromatic N) is 6. The van der Waals surface area contributed by atoms with Crippen LogP contribution in [0.3, 0.4) is 0 Å². The van der Waals surface area contributed by atoms with Crippen LogP contribution >= 0.6 is 0 Å². The molecule has 3 aliphatic rings. The van der Waals surface area contributed by atoms with Gasteiger partial charge in [0.2, 0.25) is 0 Å². The minimum atomic E-state index is 0.352. The van der Waals surface area contributed by atoms with Crippen LogP contribution in [0.25, 0.3) is 5.57 Å². The van der Waals surface area contributed by atoms with Gasteiger partial charge in [-0.15, -0.1) is 9.81 Å². The number of nitrogens with one attached hydrogen (secondary N) is 1. The molecule has 0 saturated carbocycles. The molecular formula is C27H37N7O2. The summed E-state index contributed by atoms with van der Waals surface area (Å²) in [6.07, 6.45) is 5.07. The summed E-state index contributed by atoms with van der Waals surface area (Å²) in [6.45, 7) is 15.9. The van der Waals surface area contributed by atoms with Gasteiger partial charge in [-0.25, -0.2) is 0 Å². The molecule has 0 bridgehead atoms. The van der Waals surface area contributed by atoms with Crippen molar-refractivity contribution in [1.29, 1.82) is 0 Å². The molecule has 1 atom stereocenters. The van der Waals surface area contributed by atoms with Crippen LogP contribution in [0.4, 0.5) is 5.69 Å². The SMILES string of the molecule is C=C(CCN1CCC(CN2CCN3/C(=C/C(=C)c4ccccc4N=O)C(=NC)NCC3C2)CC1)N=O. The Labute approximate surface area is 213 Å². The van der Waals surface area contributed by atoms with E-state index in [9.17, 15) is 9.81 Å². The van der Waals surface area contributed by atoms with E-state index in [-0.39, 0.29) is 0 Å². The Kier molecular flexibility index (Phi) is 8.77. The summed E-state index contributed by atoms with van der Waals surface area (Å²) in [5, 5.41) is 9.60. The molecule has 192 valence electrons. The minimum Gasteiger partial charge on any atom is -0.367 e. The standard InChI is InChI=1S/C27H37N7O2/c1-20(24-6-4-5-7-25(24)31-36)16-26-27(28-3)29-17-23-19-33(14-15-34(23)26)18-22-9-12-32(13-10-22)11-8-21(2)30-35/h4-7,16,22-23H,1-2,8-15,17-19H2,3H3,(H,28,29)/b26-16+. The number of benzene rings is 1. The molecule has 1 aromatic carbocycles. The van der Waals surface area contributed by atoms with Crippen LogP contribution in [0.2, 0.25) is 0 Å². The van der Waals surface area contributed by atoms with Crippen molar-refractivity contribution in [2.45, 2.75) is 25.3 Å². The highest BCUT2D eigenvalue weighted by Crippen LogP contribution is 2.29. The molecule has 1 unspecified atom stereocenters. The molecule has 0 aliphatic carbocycles. The van der Waals surface area contributed by atoms with Crippen molar-refractivity contribution in [3.05, 3.63) is 70.3 Å². The second kappa shape index (κ2) is 12.2. The zero-order valence-corrected chi connectivity index (χ0v) is 21.2. The second-order valence-corrected chi connectivity index (χ2v) is 9.92. The molecule has 0 aromatic heterocycles. The first-order valence-electron chi connectivity index (χ1n) is 12.8. The van der Waals surface area contributed by atoms with E-state index in [2.05, 4.69) is 48.5 Å². The van der Waals surface area contributed by atoms with E-state index in [0.717, 1.165) is 75.0 Å². The summed E-state index contributed by atoms with van der Waals surface area (Å²) in [5.74, 6) is 1.56. The van der Waals surface area contributed by atoms with Gasteiger partial charge >= 0.3 is 0 Å². The Morgan fingerprint density at radius 3 is 2.61 bits per heavy atom. The molecule has 36 heavy (non-hydrogen) atoms. The van der Waals surface area contributed by atoms with Crippen molar-refractivity contribution in [3.63, 3.8) is 0 Å². The van der Waals surface area contributed by atoms with Crippen molar-refractivity contribution < 1.29 is 0 Å². The fraction of sp³-hybridized carbons (Fsp3) is 0.519. The number of rotatable bonds is 9. The molecular weight excluding hydrogens is 454 g/mol. The highest BCUT2D eigenvalue weighted by molar-refractivity contribution is 6.01. The van der Waals surface area contributed by atoms with Crippen molar-refractivity contribution in [2.75, 3.05) is 59.4 Å². The van der Waals surface area contributed by atoms with Gasteiger partial charge in [-0.2, -0.15) is 0 Å². The van der Waals surface area contributed by atoms with Crippen molar-refractivity contribution >= 4 is 17.1 Å². The number of piperidine rings is 1. The van der Waals surface area contributed by atoms with Crippen molar-refractivity contribution in [2.24, 2.45) is 21.3 Å². The van der Waals surface area contributed by atoms with Gasteiger partial charge < -0.3 is 15.1 Å². The Morgan fingerprint density at radius 1 is 1.11 bits per heavy atom. The molecule has 9 heteroatoms. The maximum Gasteiger partial charge on any atom is 0.144 e. The molecule has 1 aromatic rings. The number of amidine groups is 1. The Bertz CT molecular complexity index is 1040. The molecule has 3 aliphatic heterocycles. The van der Waals surface area contributed by atoms with Gasteiger partial charge in [0, 0.05) is 58.3 Å². The lowest BCUT2D eigenvalue weighted by Crippen LogP contribution is -2.62. The third-order valence-corrected chi connectivity index (χ3v) is 7.58. The molecule has 4 rings (SSSR count). The lowest BCUT2D eigenvalue weighted by molar-refractivity contribution is 0.0737. The highest BCUT2D eigenvalue weighted by atomic mass is 16.3. The smallest absolute Gasteiger partial charge is 0.144 e. The summed E-state index contributed by atoms with van der Waals surface area (Å²) in [4.78, 5) is 33.8. The quantitative estimate of drug-likeness (QED) is 0.525. The van der Waals surface area contributed by atoms with Crippen LogP contribution in [0.1, 0.15) is 24.8 Å². The predicted molar refractivity (Wildman–Crippen MR) is 146 cm³/mol. The minimum absolute atomic E-state index is 0.352. The maximum atomic E-state index is 11.3. The normalized spacial score (nSPS) is 23.8. The van der Waals surface area contributed by atoms with Crippen molar-refractivity contribution in [1.82, 2.24) is 20.0 Å². The van der Waals surface area contributed by atoms with Crippen LogP contribution in [-0.2, 0) is 0 Å². The zero-order valence-electron chi connectivity index (χ0n) is 21.2. The molecule has 3 saturated heterocycles. The summed E-state index contributed by atoms with van der Waals surface area (Å²) < 4.78 is 0. The lowest BCUT2D eigenvalue weighted by atomic mass is 9.95. The number of hydrogen-bond donors (Lipinski definition) is 1. The monoisotopic (exact) mass is 491 g/mol. The van der Waals surface area contributed by atoms with E-state index in [0.29, 0.717) is 29.8 Å². The van der Waals surface area contributed by atoms with E-state index in [1.165, 1.54) is 12.8 Å². The predicted octanol–water partition coefficient (Wildman–Crippen LogP) is 3.98. The molecule has 0 amide bonds. The Balaban J connectivity index is 1.35. The lowest BCUT2D eigenvalue weighted by Gasteiger charge is -2.48. The van der Waals surface area contributed by atoms with Crippen LogP contribution in [0.5, 0.6) is 0 Å². The highest BCUT2D eigenvalue weighted by Gasteiger charge is 2.35. The maximum absolute atomic E-state index is 11.3. The van der Waals surface area contributed by atoms with Gasteiger partial charge in [0.25, 0.3) is 0 Å². The number of fused-ring (bicyclic) bond motifs is 1. The van der Waals surface area contributed by atoms with E-state index < -0.39 is 0 Å². The summed E-state index contributed by atoms with van der Waals surface area (Å²) in [7, 11) is 1.80. The van der Waals surface area contributed by atoms with Gasteiger partial charge in [0.05, 0.1) is 17.4 Å². The first-order chi connectivity index (χ1) is 17.5. The molecule has 1 N–H and O–H groups in total. The number of allylic oxidation sites excluding steroid dienone is 2. The first kappa shape index (κ1) is 25.9. The first-order valence-corrected chi connectivity index (χ1v) is 12.8. The molecule has 0 spiro atoms. The number of piperazine rings is 2. The number of hydrogen-bond acceptors (Lipinski definition) is 8.